The molecule has 1 heterocycles. The predicted octanol–water partition coefficient (Wildman–Crippen LogP) is -0.0655. The van der Waals surface area contributed by atoms with Gasteiger partial charge in [0.15, 0.2) is 5.84 Å². The molecule has 1 aromatic carbocycles. The number of rotatable bonds is 10. The average Bonchev–Trinajstić information content (AvgIpc) is 2.98. The van der Waals surface area contributed by atoms with Gasteiger partial charge in [0.2, 0.25) is 6.35 Å². The Morgan fingerprint density at radius 1 is 1.33 bits per heavy atom. The molecule has 0 spiro atoms. The number of hydrogen-bond donors (Lipinski definition) is 4. The molecule has 0 radical (unpaired) electrons. The molecule has 1 aliphatic heterocycles. The van der Waals surface area contributed by atoms with Gasteiger partial charge in [-0.05, 0) is 24.9 Å². The number of nitrogens with one attached hydrogen (secondary N) is 2. The number of amidine groups is 1. The van der Waals surface area contributed by atoms with Crippen LogP contribution < -0.4 is 16.4 Å². The number of hydrogen-bond acceptors (Lipinski definition) is 8. The van der Waals surface area contributed by atoms with Crippen LogP contribution in [-0.2, 0) is 22.6 Å². The van der Waals surface area contributed by atoms with Crippen molar-refractivity contribution in [2.75, 3.05) is 34.1 Å². The topological polar surface area (TPSA) is 117 Å². The summed E-state index contributed by atoms with van der Waals surface area (Å²) in [5.74, 6) is 0.640. The molecule has 1 saturated heterocycles. The Morgan fingerprint density at radius 3 is 2.67 bits per heavy atom. The van der Waals surface area contributed by atoms with Gasteiger partial charge in [-0.25, -0.2) is 9.98 Å². The molecule has 9 nitrogen and oxygen atoms in total. The van der Waals surface area contributed by atoms with Gasteiger partial charge in [0, 0.05) is 20.2 Å². The molecular formula is C18H28N6O3. The second kappa shape index (κ2) is 10.6. The monoisotopic (exact) mass is 376 g/mol. The highest BCUT2D eigenvalue weighted by atomic mass is 16.5. The largest absolute Gasteiger partial charge is 0.382 e. The summed E-state index contributed by atoms with van der Waals surface area (Å²) in [4.78, 5) is 9.87. The highest BCUT2D eigenvalue weighted by Gasteiger charge is 2.33. The molecule has 1 unspecified atom stereocenters. The SMILES string of the molecule is C=N/C(N)=C1/NC(O)N(Cc2ccc(CNC)cc2)/C1=N/COCCOC. The molecule has 1 aromatic rings. The van der Waals surface area contributed by atoms with Crippen LogP contribution in [0.1, 0.15) is 11.1 Å². The van der Waals surface area contributed by atoms with Gasteiger partial charge in [0.25, 0.3) is 0 Å². The van der Waals surface area contributed by atoms with E-state index in [9.17, 15) is 5.11 Å². The fourth-order valence-electron chi connectivity index (χ4n) is 2.61. The third kappa shape index (κ3) is 5.76. The summed E-state index contributed by atoms with van der Waals surface area (Å²) in [5, 5.41) is 16.4. The lowest BCUT2D eigenvalue weighted by atomic mass is 10.1. The fraction of sp³-hybridized carbons (Fsp3) is 0.444. The predicted molar refractivity (Wildman–Crippen MR) is 105 cm³/mol. The van der Waals surface area contributed by atoms with Gasteiger partial charge in [0.1, 0.15) is 18.2 Å². The molecule has 2 rings (SSSR count). The molecule has 1 fully saturated rings. The van der Waals surface area contributed by atoms with Gasteiger partial charge >= 0.3 is 0 Å². The number of aliphatic hydroxyl groups is 1. The van der Waals surface area contributed by atoms with Crippen LogP contribution in [0.4, 0.5) is 0 Å². The van der Waals surface area contributed by atoms with E-state index in [0.717, 1.165) is 12.1 Å². The Bertz CT molecular complexity index is 674. The fourth-order valence-corrected chi connectivity index (χ4v) is 2.61. The number of ether oxygens (including phenoxy) is 2. The van der Waals surface area contributed by atoms with E-state index < -0.39 is 6.35 Å². The van der Waals surface area contributed by atoms with Crippen molar-refractivity contribution in [2.24, 2.45) is 15.7 Å². The Hall–Kier alpha value is -2.46. The molecule has 5 N–H and O–H groups in total. The summed E-state index contributed by atoms with van der Waals surface area (Å²) in [6.07, 6.45) is -0.977. The first-order valence-electron chi connectivity index (χ1n) is 8.62. The zero-order chi connectivity index (χ0) is 19.6. The molecule has 0 amide bonds. The zero-order valence-corrected chi connectivity index (χ0v) is 15.8. The number of nitrogens with zero attached hydrogens (tertiary/aromatic N) is 3. The number of benzene rings is 1. The molecule has 1 aliphatic rings. The maximum atomic E-state index is 10.4. The lowest BCUT2D eigenvalue weighted by Crippen LogP contribution is -2.36. The summed E-state index contributed by atoms with van der Waals surface area (Å²) >= 11 is 0. The minimum absolute atomic E-state index is 0.110. The molecule has 9 heteroatoms. The van der Waals surface area contributed by atoms with Crippen molar-refractivity contribution >= 4 is 12.6 Å². The van der Waals surface area contributed by atoms with E-state index in [1.54, 1.807) is 12.0 Å². The van der Waals surface area contributed by atoms with E-state index >= 15 is 0 Å². The Kier molecular flexibility index (Phi) is 8.21. The number of aliphatic hydroxyl groups excluding tert-OH is 1. The Balaban J connectivity index is 2.17. The third-order valence-electron chi connectivity index (χ3n) is 3.98. The van der Waals surface area contributed by atoms with Crippen molar-refractivity contribution in [3.05, 3.63) is 46.9 Å². The zero-order valence-electron chi connectivity index (χ0n) is 15.8. The van der Waals surface area contributed by atoms with Gasteiger partial charge in [-0.1, -0.05) is 24.3 Å². The number of methoxy groups -OCH3 is 1. The normalized spacial score (nSPS) is 20.0. The standard InChI is InChI=1S/C18H28N6O3/c1-20-10-13-4-6-14(7-5-13)11-24-17(22-12-27-9-8-26-3)15(16(19)21-2)23-18(24)25/h4-7,18,20,23,25H,2,8-12,19H2,1,3H3/b16-15+,22-17+. The molecular weight excluding hydrogens is 348 g/mol. The van der Waals surface area contributed by atoms with Crippen LogP contribution in [0, 0.1) is 0 Å². The van der Waals surface area contributed by atoms with Gasteiger partial charge in [-0.2, -0.15) is 0 Å². The lowest BCUT2D eigenvalue weighted by Gasteiger charge is -2.21. The van der Waals surface area contributed by atoms with E-state index in [1.807, 2.05) is 31.3 Å². The van der Waals surface area contributed by atoms with Gasteiger partial charge in [-0.3, -0.25) is 0 Å². The van der Waals surface area contributed by atoms with Gasteiger partial charge < -0.3 is 35.8 Å². The van der Waals surface area contributed by atoms with Gasteiger partial charge in [0.05, 0.1) is 13.2 Å². The first-order chi connectivity index (χ1) is 13.1. The number of aliphatic imine (C=N–C) groups is 2. The van der Waals surface area contributed by atoms with E-state index in [2.05, 4.69) is 27.3 Å². The summed E-state index contributed by atoms with van der Waals surface area (Å²) in [5.41, 5.74) is 8.53. The van der Waals surface area contributed by atoms with Gasteiger partial charge in [-0.15, -0.1) is 0 Å². The van der Waals surface area contributed by atoms with E-state index in [-0.39, 0.29) is 12.6 Å². The maximum absolute atomic E-state index is 10.4. The van der Waals surface area contributed by atoms with Crippen molar-refractivity contribution in [3.63, 3.8) is 0 Å². The number of nitrogens with two attached hydrogens (primary N) is 1. The summed E-state index contributed by atoms with van der Waals surface area (Å²) in [6.45, 7) is 5.69. The van der Waals surface area contributed by atoms with Crippen molar-refractivity contribution in [1.29, 1.82) is 0 Å². The molecule has 0 saturated carbocycles. The molecule has 148 valence electrons. The summed E-state index contributed by atoms with van der Waals surface area (Å²) in [6, 6.07) is 8.12. The maximum Gasteiger partial charge on any atom is 0.207 e. The molecule has 0 aliphatic carbocycles. The van der Waals surface area contributed by atoms with E-state index in [4.69, 9.17) is 15.2 Å². The second-order valence-electron chi connectivity index (χ2n) is 5.92. The first-order valence-corrected chi connectivity index (χ1v) is 8.62. The minimum Gasteiger partial charge on any atom is -0.382 e. The lowest BCUT2D eigenvalue weighted by molar-refractivity contribution is 0.0443. The first kappa shape index (κ1) is 20.8. The minimum atomic E-state index is -0.977. The quantitative estimate of drug-likeness (QED) is 0.334. The highest BCUT2D eigenvalue weighted by molar-refractivity contribution is 6.00. The summed E-state index contributed by atoms with van der Waals surface area (Å²) in [7, 11) is 3.51. The van der Waals surface area contributed by atoms with Crippen molar-refractivity contribution < 1.29 is 14.6 Å². The molecule has 27 heavy (non-hydrogen) atoms. The van der Waals surface area contributed by atoms with Crippen molar-refractivity contribution in [1.82, 2.24) is 15.5 Å². The van der Waals surface area contributed by atoms with Crippen LogP contribution in [0.15, 0.2) is 45.8 Å². The Labute approximate surface area is 159 Å². The van der Waals surface area contributed by atoms with E-state index in [1.165, 1.54) is 5.56 Å². The smallest absolute Gasteiger partial charge is 0.207 e. The van der Waals surface area contributed by atoms with Crippen LogP contribution in [0.25, 0.3) is 0 Å². The van der Waals surface area contributed by atoms with Crippen molar-refractivity contribution in [2.45, 2.75) is 19.4 Å². The van der Waals surface area contributed by atoms with Crippen LogP contribution in [0.3, 0.4) is 0 Å². The van der Waals surface area contributed by atoms with Crippen molar-refractivity contribution in [3.8, 4) is 0 Å². The molecule has 1 atom stereocenters. The third-order valence-corrected chi connectivity index (χ3v) is 3.98. The van der Waals surface area contributed by atoms with E-state index in [0.29, 0.717) is 31.3 Å². The summed E-state index contributed by atoms with van der Waals surface area (Å²) < 4.78 is 10.4. The Morgan fingerprint density at radius 2 is 2.04 bits per heavy atom. The molecule has 0 bridgehead atoms. The van der Waals surface area contributed by atoms with Crippen LogP contribution in [-0.4, -0.2) is 63.0 Å². The highest BCUT2D eigenvalue weighted by Crippen LogP contribution is 2.19. The average molecular weight is 376 g/mol. The van der Waals surface area contributed by atoms with Crippen LogP contribution >= 0.6 is 0 Å². The second-order valence-corrected chi connectivity index (χ2v) is 5.92. The molecule has 0 aromatic heterocycles. The van der Waals surface area contributed by atoms with Crippen LogP contribution in [0.2, 0.25) is 0 Å². The van der Waals surface area contributed by atoms with Crippen LogP contribution in [0.5, 0.6) is 0 Å².